The number of carbonyl (C=O) groups is 2. The van der Waals surface area contributed by atoms with Gasteiger partial charge in [-0.1, -0.05) is 74.5 Å². The van der Waals surface area contributed by atoms with Gasteiger partial charge in [-0.05, 0) is 34.7 Å². The second-order valence-electron chi connectivity index (χ2n) is 12.8. The lowest BCUT2D eigenvalue weighted by molar-refractivity contribution is -0.124. The average Bonchev–Trinajstić information content (AvgIpc) is 3.87. The standard InChI is InChI=1S/C37H35N5O7/c1-20(2)29-34-42-30(33-38-23(18-45-3)19-46-33)31(49-34)37-24-11-7-8-12-26(24)39-35(37)48-28-14-13-22(15-25(28)37)16-27(32(43)41-29)40-36(44)47-17-21-9-5-4-6-10-21/h4-15,19-20,27,29,35,39H,16-18H2,1-3H3,(H,40,44)(H,41,43)/t27-,29-,35?,37?/m0/s1. The number of hydrogen-bond acceptors (Lipinski definition) is 10. The Morgan fingerprint density at radius 1 is 1.02 bits per heavy atom. The summed E-state index contributed by atoms with van der Waals surface area (Å²) < 4.78 is 30.3. The van der Waals surface area contributed by atoms with Crippen LogP contribution in [0.3, 0.4) is 0 Å². The number of ether oxygens (including phenoxy) is 3. The van der Waals surface area contributed by atoms with Crippen molar-refractivity contribution in [3.63, 3.8) is 0 Å². The first-order valence-electron chi connectivity index (χ1n) is 16.2. The molecule has 49 heavy (non-hydrogen) atoms. The molecule has 4 atom stereocenters. The van der Waals surface area contributed by atoms with E-state index in [4.69, 9.17) is 33.0 Å². The van der Waals surface area contributed by atoms with Crippen LogP contribution < -0.4 is 20.7 Å². The molecule has 5 aromatic rings. The van der Waals surface area contributed by atoms with Crippen molar-refractivity contribution in [2.24, 2.45) is 5.92 Å². The zero-order valence-corrected chi connectivity index (χ0v) is 27.2. The Morgan fingerprint density at radius 2 is 1.84 bits per heavy atom. The second kappa shape index (κ2) is 12.1. The number of amides is 2. The molecule has 2 unspecified atom stereocenters. The van der Waals surface area contributed by atoms with Crippen molar-refractivity contribution < 1.29 is 32.6 Å². The Bertz CT molecular complexity index is 2040. The second-order valence-corrected chi connectivity index (χ2v) is 12.8. The largest absolute Gasteiger partial charge is 0.469 e. The molecule has 0 fully saturated rings. The van der Waals surface area contributed by atoms with Crippen molar-refractivity contribution >= 4 is 17.7 Å². The van der Waals surface area contributed by atoms with Crippen LogP contribution >= 0.6 is 0 Å². The zero-order valence-electron chi connectivity index (χ0n) is 27.2. The lowest BCUT2D eigenvalue weighted by Gasteiger charge is -2.28. The number of aromatic nitrogens is 2. The summed E-state index contributed by atoms with van der Waals surface area (Å²) in [7, 11) is 1.59. The minimum absolute atomic E-state index is 0.0664. The van der Waals surface area contributed by atoms with Crippen LogP contribution in [-0.4, -0.2) is 41.3 Å². The first-order chi connectivity index (χ1) is 23.8. The summed E-state index contributed by atoms with van der Waals surface area (Å²) in [6.45, 7) is 4.25. The molecule has 5 heterocycles. The molecule has 0 aliphatic carbocycles. The van der Waals surface area contributed by atoms with E-state index >= 15 is 0 Å². The molecule has 3 N–H and O–H groups in total. The van der Waals surface area contributed by atoms with Gasteiger partial charge in [-0.15, -0.1) is 0 Å². The molecule has 12 heteroatoms. The van der Waals surface area contributed by atoms with Crippen molar-refractivity contribution in [1.82, 2.24) is 20.6 Å². The minimum atomic E-state index is -0.999. The predicted molar refractivity (Wildman–Crippen MR) is 176 cm³/mol. The van der Waals surface area contributed by atoms with Crippen LogP contribution in [0.5, 0.6) is 5.75 Å². The first kappa shape index (κ1) is 30.7. The van der Waals surface area contributed by atoms with Crippen LogP contribution in [0.15, 0.2) is 87.9 Å². The number of alkyl carbamates (subject to hydrolysis) is 1. The molecule has 12 nitrogen and oxygen atoms in total. The normalized spacial score (nSPS) is 21.8. The van der Waals surface area contributed by atoms with Gasteiger partial charge in [0.1, 0.15) is 41.8 Å². The predicted octanol–water partition coefficient (Wildman–Crippen LogP) is 5.62. The van der Waals surface area contributed by atoms with E-state index in [1.165, 1.54) is 6.26 Å². The Balaban J connectivity index is 1.27. The van der Waals surface area contributed by atoms with Crippen molar-refractivity contribution in [1.29, 1.82) is 0 Å². The molecule has 8 rings (SSSR count). The van der Waals surface area contributed by atoms with E-state index < -0.39 is 35.7 Å². The van der Waals surface area contributed by atoms with Gasteiger partial charge in [0.05, 0.1) is 6.61 Å². The maximum Gasteiger partial charge on any atom is 0.408 e. The van der Waals surface area contributed by atoms with Gasteiger partial charge in [0, 0.05) is 24.8 Å². The van der Waals surface area contributed by atoms with Crippen LogP contribution in [0, 0.1) is 5.92 Å². The van der Waals surface area contributed by atoms with Crippen molar-refractivity contribution in [3.8, 4) is 17.3 Å². The summed E-state index contributed by atoms with van der Waals surface area (Å²) in [5.41, 5.74) is 4.27. The fourth-order valence-corrected chi connectivity index (χ4v) is 6.98. The fourth-order valence-electron chi connectivity index (χ4n) is 6.98. The molecule has 2 amide bonds. The highest BCUT2D eigenvalue weighted by molar-refractivity contribution is 5.86. The Hall–Kier alpha value is -5.62. The number of methoxy groups -OCH3 is 1. The molecule has 0 saturated carbocycles. The number of oxazole rings is 2. The number of benzene rings is 3. The van der Waals surface area contributed by atoms with Gasteiger partial charge in [0.2, 0.25) is 17.7 Å². The minimum Gasteiger partial charge on any atom is -0.469 e. The maximum atomic E-state index is 14.1. The summed E-state index contributed by atoms with van der Waals surface area (Å²) in [4.78, 5) is 36.8. The van der Waals surface area contributed by atoms with Crippen LogP contribution in [0.4, 0.5) is 10.5 Å². The molecule has 1 spiro atoms. The molecular weight excluding hydrogens is 626 g/mol. The highest BCUT2D eigenvalue weighted by atomic mass is 16.5. The summed E-state index contributed by atoms with van der Waals surface area (Å²) >= 11 is 0. The molecule has 3 aliphatic rings. The Kier molecular flexibility index (Phi) is 7.59. The van der Waals surface area contributed by atoms with Gasteiger partial charge >= 0.3 is 6.09 Å². The average molecular weight is 662 g/mol. The van der Waals surface area contributed by atoms with Gasteiger partial charge in [-0.3, -0.25) is 4.79 Å². The zero-order chi connectivity index (χ0) is 33.7. The molecule has 4 bridgehead atoms. The number of hydrogen-bond donors (Lipinski definition) is 3. The molecule has 3 aromatic carbocycles. The molecule has 3 aliphatic heterocycles. The third-order valence-corrected chi connectivity index (χ3v) is 9.29. The molecule has 0 saturated heterocycles. The van der Waals surface area contributed by atoms with E-state index in [9.17, 15) is 9.59 Å². The highest BCUT2D eigenvalue weighted by Gasteiger charge is 2.61. The van der Waals surface area contributed by atoms with E-state index in [2.05, 4.69) is 16.0 Å². The smallest absolute Gasteiger partial charge is 0.408 e. The molecule has 0 radical (unpaired) electrons. The fraction of sp³-hybridized carbons (Fsp3) is 0.297. The number of rotatable bonds is 7. The summed E-state index contributed by atoms with van der Waals surface area (Å²) in [6.07, 6.45) is 0.441. The number of nitrogens with zero attached hydrogens (tertiary/aromatic N) is 2. The number of fused-ring (bicyclic) bond motifs is 4. The Morgan fingerprint density at radius 3 is 2.65 bits per heavy atom. The third-order valence-electron chi connectivity index (χ3n) is 9.29. The summed E-state index contributed by atoms with van der Waals surface area (Å²) in [5.74, 6) is 1.10. The lowest BCUT2D eigenvalue weighted by atomic mass is 9.72. The number of para-hydroxylation sites is 1. The monoisotopic (exact) mass is 661 g/mol. The van der Waals surface area contributed by atoms with E-state index in [0.29, 0.717) is 22.9 Å². The Labute approximate surface area is 282 Å². The van der Waals surface area contributed by atoms with Gasteiger partial charge in [0.15, 0.2) is 17.7 Å². The van der Waals surface area contributed by atoms with Gasteiger partial charge in [-0.2, -0.15) is 0 Å². The van der Waals surface area contributed by atoms with Crippen molar-refractivity contribution in [3.05, 3.63) is 119 Å². The SMILES string of the molecule is COCc1coc(-c2nc3oc2C24c5ccccc5NC2Oc2ccc(cc24)C[C@H](NC(=O)OCc2ccccc2)C(=O)N[C@H]3C(C)C)n1. The number of nitrogens with one attached hydrogen (secondary N) is 3. The van der Waals surface area contributed by atoms with Gasteiger partial charge in [0.25, 0.3) is 0 Å². The van der Waals surface area contributed by atoms with Gasteiger partial charge in [-0.25, -0.2) is 14.8 Å². The number of carbonyl (C=O) groups excluding carboxylic acids is 2. The van der Waals surface area contributed by atoms with Crippen LogP contribution in [0.25, 0.3) is 11.6 Å². The third kappa shape index (κ3) is 5.19. The maximum absolute atomic E-state index is 14.1. The van der Waals surface area contributed by atoms with Crippen LogP contribution in [0.1, 0.15) is 59.5 Å². The molecule has 2 aromatic heterocycles. The van der Waals surface area contributed by atoms with Crippen molar-refractivity contribution in [2.45, 2.75) is 57.2 Å². The molecular formula is C37H35N5O7. The van der Waals surface area contributed by atoms with E-state index in [1.54, 1.807) is 7.11 Å². The quantitative estimate of drug-likeness (QED) is 0.201. The molecule has 250 valence electrons. The topological polar surface area (TPSA) is 150 Å². The van der Waals surface area contributed by atoms with E-state index in [1.807, 2.05) is 86.6 Å². The number of anilines is 1. The highest BCUT2D eigenvalue weighted by Crippen LogP contribution is 2.59. The van der Waals surface area contributed by atoms with E-state index in [0.717, 1.165) is 27.9 Å². The first-order valence-corrected chi connectivity index (χ1v) is 16.2. The van der Waals surface area contributed by atoms with Crippen molar-refractivity contribution in [2.75, 3.05) is 12.4 Å². The lowest BCUT2D eigenvalue weighted by Crippen LogP contribution is -2.49. The van der Waals surface area contributed by atoms with Crippen LogP contribution in [-0.2, 0) is 39.3 Å². The van der Waals surface area contributed by atoms with E-state index in [-0.39, 0.29) is 37.3 Å². The van der Waals surface area contributed by atoms with Gasteiger partial charge < -0.3 is 39.0 Å². The summed E-state index contributed by atoms with van der Waals surface area (Å²) in [5, 5.41) is 9.48. The summed E-state index contributed by atoms with van der Waals surface area (Å²) in [6, 6.07) is 21.5. The van der Waals surface area contributed by atoms with Crippen LogP contribution in [0.2, 0.25) is 0 Å².